The molecule has 2 N–H and O–H groups in total. The van der Waals surface area contributed by atoms with Crippen LogP contribution in [0.4, 0.5) is 5.69 Å². The average molecular weight is 353 g/mol. The van der Waals surface area contributed by atoms with Crippen molar-refractivity contribution in [2.24, 2.45) is 0 Å². The van der Waals surface area contributed by atoms with Gasteiger partial charge in [0.1, 0.15) is 0 Å². The van der Waals surface area contributed by atoms with Crippen LogP contribution in [0.1, 0.15) is 23.6 Å². The number of carbonyl (C=O) groups excluding carboxylic acids is 2. The Labute approximate surface area is 155 Å². The maximum Gasteiger partial charge on any atom is 0.243 e. The second-order valence-corrected chi connectivity index (χ2v) is 6.61. The molecule has 5 nitrogen and oxygen atoms in total. The Hall–Kier alpha value is -2.66. The van der Waals surface area contributed by atoms with Crippen LogP contribution in [0.5, 0.6) is 0 Å². The summed E-state index contributed by atoms with van der Waals surface area (Å²) in [7, 11) is 1.90. The van der Waals surface area contributed by atoms with E-state index < -0.39 is 0 Å². The van der Waals surface area contributed by atoms with E-state index in [-0.39, 0.29) is 24.4 Å². The number of nitrogens with zero attached hydrogens (tertiary/aromatic N) is 1. The third-order valence-corrected chi connectivity index (χ3v) is 4.48. The summed E-state index contributed by atoms with van der Waals surface area (Å²) in [6.07, 6.45) is 0. The molecular formula is C21H27N3O2. The van der Waals surface area contributed by atoms with Crippen LogP contribution in [0.25, 0.3) is 0 Å². The summed E-state index contributed by atoms with van der Waals surface area (Å²) >= 11 is 0. The van der Waals surface area contributed by atoms with Gasteiger partial charge in [-0.1, -0.05) is 48.5 Å². The number of para-hydroxylation sites is 1. The highest BCUT2D eigenvalue weighted by Crippen LogP contribution is 2.19. The summed E-state index contributed by atoms with van der Waals surface area (Å²) in [6.45, 7) is 6.35. The average Bonchev–Trinajstić information content (AvgIpc) is 2.63. The lowest BCUT2D eigenvalue weighted by atomic mass is 10.1. The van der Waals surface area contributed by atoms with E-state index in [2.05, 4.69) is 10.6 Å². The van der Waals surface area contributed by atoms with Crippen LogP contribution in [0.15, 0.2) is 48.5 Å². The van der Waals surface area contributed by atoms with Crippen molar-refractivity contribution in [3.63, 3.8) is 0 Å². The van der Waals surface area contributed by atoms with E-state index in [1.807, 2.05) is 81.2 Å². The maximum atomic E-state index is 12.3. The fourth-order valence-electron chi connectivity index (χ4n) is 2.72. The van der Waals surface area contributed by atoms with E-state index in [1.165, 1.54) is 0 Å². The van der Waals surface area contributed by atoms with E-state index >= 15 is 0 Å². The molecule has 2 rings (SSSR count). The highest BCUT2D eigenvalue weighted by molar-refractivity contribution is 5.96. The van der Waals surface area contributed by atoms with Gasteiger partial charge in [-0.3, -0.25) is 14.5 Å². The molecule has 0 saturated heterocycles. The number of nitrogens with one attached hydrogen (secondary N) is 2. The van der Waals surface area contributed by atoms with Gasteiger partial charge in [-0.15, -0.1) is 0 Å². The second-order valence-electron chi connectivity index (χ2n) is 6.61. The summed E-state index contributed by atoms with van der Waals surface area (Å²) in [5.41, 5.74) is 3.95. The molecular weight excluding hydrogens is 326 g/mol. The molecule has 2 aromatic rings. The summed E-state index contributed by atoms with van der Waals surface area (Å²) in [6, 6.07) is 15.5. The Morgan fingerprint density at radius 1 is 1.00 bits per heavy atom. The zero-order chi connectivity index (χ0) is 19.1. The van der Waals surface area contributed by atoms with Gasteiger partial charge in [-0.25, -0.2) is 0 Å². The molecule has 26 heavy (non-hydrogen) atoms. The number of rotatable bonds is 7. The molecule has 2 aromatic carbocycles. The zero-order valence-corrected chi connectivity index (χ0v) is 15.9. The number of amides is 2. The van der Waals surface area contributed by atoms with E-state index in [0.717, 1.165) is 22.4 Å². The minimum Gasteiger partial charge on any atom is -0.346 e. The van der Waals surface area contributed by atoms with Gasteiger partial charge in [0, 0.05) is 12.2 Å². The maximum absolute atomic E-state index is 12.3. The molecule has 0 bridgehead atoms. The number of carbonyl (C=O) groups is 2. The van der Waals surface area contributed by atoms with E-state index in [4.69, 9.17) is 0 Å². The molecule has 0 aliphatic carbocycles. The topological polar surface area (TPSA) is 61.4 Å². The Kier molecular flexibility index (Phi) is 6.92. The van der Waals surface area contributed by atoms with Gasteiger partial charge < -0.3 is 10.6 Å². The van der Waals surface area contributed by atoms with Crippen molar-refractivity contribution in [1.82, 2.24) is 10.2 Å². The van der Waals surface area contributed by atoms with Gasteiger partial charge in [-0.2, -0.15) is 0 Å². The molecule has 0 aliphatic rings. The first kappa shape index (κ1) is 19.7. The molecule has 1 atom stereocenters. The molecule has 138 valence electrons. The van der Waals surface area contributed by atoms with Crippen molar-refractivity contribution in [3.8, 4) is 0 Å². The van der Waals surface area contributed by atoms with E-state index in [0.29, 0.717) is 6.54 Å². The van der Waals surface area contributed by atoms with Gasteiger partial charge in [0.15, 0.2) is 0 Å². The number of anilines is 1. The quantitative estimate of drug-likeness (QED) is 0.805. The third kappa shape index (κ3) is 5.43. The molecule has 2 amide bonds. The van der Waals surface area contributed by atoms with Gasteiger partial charge in [0.25, 0.3) is 0 Å². The summed E-state index contributed by atoms with van der Waals surface area (Å²) in [5, 5.41) is 5.59. The molecule has 0 aliphatic heterocycles. The van der Waals surface area contributed by atoms with Crippen molar-refractivity contribution in [2.45, 2.75) is 33.4 Å². The summed E-state index contributed by atoms with van der Waals surface area (Å²) < 4.78 is 0. The highest BCUT2D eigenvalue weighted by atomic mass is 16.2. The lowest BCUT2D eigenvalue weighted by Gasteiger charge is -2.24. The van der Waals surface area contributed by atoms with Crippen molar-refractivity contribution < 1.29 is 9.59 Å². The Balaban J connectivity index is 1.84. The van der Waals surface area contributed by atoms with Gasteiger partial charge in [-0.05, 0) is 44.5 Å². The molecule has 1 unspecified atom stereocenters. The van der Waals surface area contributed by atoms with Crippen molar-refractivity contribution in [1.29, 1.82) is 0 Å². The number of benzene rings is 2. The Morgan fingerprint density at radius 2 is 1.62 bits per heavy atom. The molecule has 5 heteroatoms. The molecule has 0 saturated carbocycles. The first-order chi connectivity index (χ1) is 12.4. The standard InChI is InChI=1S/C21H27N3O2/c1-15-9-8-10-16(2)20(15)23-19(25)13-22-21(26)17(3)24(4)14-18-11-6-5-7-12-18/h5-12,17H,13-14H2,1-4H3,(H,22,26)(H,23,25). The second kappa shape index (κ2) is 9.15. The lowest BCUT2D eigenvalue weighted by molar-refractivity contribution is -0.127. The largest absolute Gasteiger partial charge is 0.346 e. The number of hydrogen-bond acceptors (Lipinski definition) is 3. The molecule has 0 heterocycles. The SMILES string of the molecule is Cc1cccc(C)c1NC(=O)CNC(=O)C(C)N(C)Cc1ccccc1. The van der Waals surface area contributed by atoms with Gasteiger partial charge >= 0.3 is 0 Å². The molecule has 0 aromatic heterocycles. The van der Waals surface area contributed by atoms with E-state index in [1.54, 1.807) is 0 Å². The highest BCUT2D eigenvalue weighted by Gasteiger charge is 2.19. The monoisotopic (exact) mass is 353 g/mol. The minimum atomic E-state index is -0.330. The Morgan fingerprint density at radius 3 is 2.23 bits per heavy atom. The number of likely N-dealkylation sites (N-methyl/N-ethyl adjacent to an activating group) is 1. The van der Waals surface area contributed by atoms with Crippen LogP contribution >= 0.6 is 0 Å². The molecule has 0 spiro atoms. The van der Waals surface area contributed by atoms with Crippen molar-refractivity contribution in [2.75, 3.05) is 18.9 Å². The fraction of sp³-hybridized carbons (Fsp3) is 0.333. The summed E-state index contributed by atoms with van der Waals surface area (Å²) in [5.74, 6) is -0.395. The van der Waals surface area contributed by atoms with Crippen LogP contribution in [-0.2, 0) is 16.1 Å². The molecule has 0 fully saturated rings. The first-order valence-corrected chi connectivity index (χ1v) is 8.76. The van der Waals surface area contributed by atoms with Gasteiger partial charge in [0.2, 0.25) is 11.8 Å². The lowest BCUT2D eigenvalue weighted by Crippen LogP contribution is -2.45. The molecule has 0 radical (unpaired) electrons. The smallest absolute Gasteiger partial charge is 0.243 e. The number of aryl methyl sites for hydroxylation is 2. The van der Waals surface area contributed by atoms with Crippen LogP contribution in [0, 0.1) is 13.8 Å². The third-order valence-electron chi connectivity index (χ3n) is 4.48. The van der Waals surface area contributed by atoms with Gasteiger partial charge in [0.05, 0.1) is 12.6 Å². The predicted octanol–water partition coefficient (Wildman–Crippen LogP) is 2.88. The fourth-order valence-corrected chi connectivity index (χ4v) is 2.72. The Bertz CT molecular complexity index is 739. The minimum absolute atomic E-state index is 0.0455. The predicted molar refractivity (Wildman–Crippen MR) is 105 cm³/mol. The first-order valence-electron chi connectivity index (χ1n) is 8.76. The van der Waals surface area contributed by atoms with Crippen molar-refractivity contribution >= 4 is 17.5 Å². The van der Waals surface area contributed by atoms with Crippen LogP contribution in [0.2, 0.25) is 0 Å². The van der Waals surface area contributed by atoms with Crippen LogP contribution in [0.3, 0.4) is 0 Å². The van der Waals surface area contributed by atoms with Crippen LogP contribution < -0.4 is 10.6 Å². The zero-order valence-electron chi connectivity index (χ0n) is 15.9. The van der Waals surface area contributed by atoms with Crippen molar-refractivity contribution in [3.05, 3.63) is 65.2 Å². The van der Waals surface area contributed by atoms with Crippen LogP contribution in [-0.4, -0.2) is 36.3 Å². The summed E-state index contributed by atoms with van der Waals surface area (Å²) in [4.78, 5) is 26.5. The normalized spacial score (nSPS) is 11.9. The number of hydrogen-bond donors (Lipinski definition) is 2. The van der Waals surface area contributed by atoms with E-state index in [9.17, 15) is 9.59 Å².